The number of benzene rings is 1. The van der Waals surface area contributed by atoms with Crippen LogP contribution in [0.5, 0.6) is 0 Å². The Morgan fingerprint density at radius 1 is 1.29 bits per heavy atom. The predicted octanol–water partition coefficient (Wildman–Crippen LogP) is 3.73. The van der Waals surface area contributed by atoms with E-state index in [1.165, 1.54) is 6.26 Å². The van der Waals surface area contributed by atoms with E-state index in [2.05, 4.69) is 15.5 Å². The molecule has 0 aliphatic heterocycles. The SMILES string of the molecule is CC(Sc1nnc(-c2ccco2)o1)C(=O)Nc1cc(F)ccc1F. The zero-order chi connectivity index (χ0) is 17.1. The number of rotatable bonds is 5. The smallest absolute Gasteiger partial charge is 0.284 e. The van der Waals surface area contributed by atoms with Crippen molar-refractivity contribution >= 4 is 23.4 Å². The Kier molecular flexibility index (Phi) is 4.61. The highest BCUT2D eigenvalue weighted by molar-refractivity contribution is 8.00. The summed E-state index contributed by atoms with van der Waals surface area (Å²) in [5.41, 5.74) is -0.228. The number of amides is 1. The first kappa shape index (κ1) is 16.2. The topological polar surface area (TPSA) is 81.2 Å². The molecule has 0 aliphatic carbocycles. The number of hydrogen-bond donors (Lipinski definition) is 1. The van der Waals surface area contributed by atoms with Gasteiger partial charge < -0.3 is 14.2 Å². The third kappa shape index (κ3) is 3.62. The van der Waals surface area contributed by atoms with Gasteiger partial charge in [0.05, 0.1) is 17.2 Å². The quantitative estimate of drug-likeness (QED) is 0.706. The molecule has 0 saturated heterocycles. The lowest BCUT2D eigenvalue weighted by Gasteiger charge is -2.10. The van der Waals surface area contributed by atoms with Crippen molar-refractivity contribution in [2.45, 2.75) is 17.4 Å². The Morgan fingerprint density at radius 2 is 2.12 bits per heavy atom. The summed E-state index contributed by atoms with van der Waals surface area (Å²) >= 11 is 0.989. The zero-order valence-corrected chi connectivity index (χ0v) is 13.1. The number of halogens is 2. The molecule has 0 spiro atoms. The van der Waals surface area contributed by atoms with E-state index in [1.807, 2.05) is 0 Å². The molecule has 124 valence electrons. The monoisotopic (exact) mass is 351 g/mol. The Morgan fingerprint density at radius 3 is 2.88 bits per heavy atom. The Balaban J connectivity index is 1.65. The van der Waals surface area contributed by atoms with Crippen LogP contribution in [-0.2, 0) is 4.79 Å². The van der Waals surface area contributed by atoms with E-state index >= 15 is 0 Å². The molecule has 1 amide bonds. The van der Waals surface area contributed by atoms with Crippen LogP contribution < -0.4 is 5.32 Å². The minimum absolute atomic E-state index is 0.156. The summed E-state index contributed by atoms with van der Waals surface area (Å²) in [5.74, 6) is -1.30. The molecule has 0 aliphatic rings. The van der Waals surface area contributed by atoms with Gasteiger partial charge in [-0.05, 0) is 31.2 Å². The molecular weight excluding hydrogens is 340 g/mol. The second-order valence-electron chi connectivity index (χ2n) is 4.72. The average Bonchev–Trinajstić information content (AvgIpc) is 3.21. The summed E-state index contributed by atoms with van der Waals surface area (Å²) in [6.07, 6.45) is 1.47. The van der Waals surface area contributed by atoms with Crippen LogP contribution in [0.15, 0.2) is 50.7 Å². The van der Waals surface area contributed by atoms with Gasteiger partial charge in [-0.2, -0.15) is 0 Å². The normalized spacial score (nSPS) is 12.1. The maximum atomic E-state index is 13.5. The average molecular weight is 351 g/mol. The van der Waals surface area contributed by atoms with Gasteiger partial charge in [0.25, 0.3) is 11.1 Å². The number of thioether (sulfide) groups is 1. The lowest BCUT2D eigenvalue weighted by atomic mass is 10.3. The van der Waals surface area contributed by atoms with E-state index in [1.54, 1.807) is 19.1 Å². The molecule has 0 bridgehead atoms. The molecule has 0 fully saturated rings. The summed E-state index contributed by atoms with van der Waals surface area (Å²) < 4.78 is 37.2. The molecule has 2 heterocycles. The molecule has 3 aromatic rings. The van der Waals surface area contributed by atoms with Crippen LogP contribution in [0.4, 0.5) is 14.5 Å². The van der Waals surface area contributed by atoms with Gasteiger partial charge in [0.15, 0.2) is 5.76 Å². The summed E-state index contributed by atoms with van der Waals surface area (Å²) in [7, 11) is 0. The van der Waals surface area contributed by atoms with Crippen LogP contribution in [0.3, 0.4) is 0 Å². The van der Waals surface area contributed by atoms with Crippen LogP contribution in [-0.4, -0.2) is 21.4 Å². The summed E-state index contributed by atoms with van der Waals surface area (Å²) in [6.45, 7) is 1.58. The van der Waals surface area contributed by atoms with Gasteiger partial charge in [-0.1, -0.05) is 11.8 Å². The van der Waals surface area contributed by atoms with Crippen LogP contribution in [0.1, 0.15) is 6.92 Å². The fraction of sp³-hybridized carbons (Fsp3) is 0.133. The molecule has 6 nitrogen and oxygen atoms in total. The van der Waals surface area contributed by atoms with E-state index in [4.69, 9.17) is 8.83 Å². The van der Waals surface area contributed by atoms with E-state index in [0.717, 1.165) is 30.0 Å². The molecule has 0 saturated carbocycles. The number of carbonyl (C=O) groups is 1. The van der Waals surface area contributed by atoms with E-state index in [0.29, 0.717) is 5.76 Å². The predicted molar refractivity (Wildman–Crippen MR) is 82.3 cm³/mol. The van der Waals surface area contributed by atoms with Crippen LogP contribution >= 0.6 is 11.8 Å². The molecule has 24 heavy (non-hydrogen) atoms. The molecule has 1 unspecified atom stereocenters. The van der Waals surface area contributed by atoms with Crippen molar-refractivity contribution in [3.8, 4) is 11.7 Å². The van der Waals surface area contributed by atoms with E-state index < -0.39 is 22.8 Å². The van der Waals surface area contributed by atoms with Crippen molar-refractivity contribution in [1.29, 1.82) is 0 Å². The molecule has 0 radical (unpaired) electrons. The number of aromatic nitrogens is 2. The number of nitrogens with one attached hydrogen (secondary N) is 1. The fourth-order valence-electron chi connectivity index (χ4n) is 1.79. The Bertz CT molecular complexity index is 852. The van der Waals surface area contributed by atoms with Crippen molar-refractivity contribution in [3.05, 3.63) is 48.2 Å². The fourth-order valence-corrected chi connectivity index (χ4v) is 2.47. The van der Waals surface area contributed by atoms with Crippen LogP contribution in [0.25, 0.3) is 11.7 Å². The van der Waals surface area contributed by atoms with E-state index in [-0.39, 0.29) is 16.8 Å². The second-order valence-corrected chi connectivity index (χ2v) is 6.02. The van der Waals surface area contributed by atoms with Gasteiger partial charge in [0.1, 0.15) is 11.6 Å². The van der Waals surface area contributed by atoms with Gasteiger partial charge in [-0.15, -0.1) is 10.2 Å². The highest BCUT2D eigenvalue weighted by Crippen LogP contribution is 2.27. The molecule has 1 N–H and O–H groups in total. The molecule has 9 heteroatoms. The number of nitrogens with zero attached hydrogens (tertiary/aromatic N) is 2. The first-order valence-corrected chi connectivity index (χ1v) is 7.71. The first-order chi connectivity index (χ1) is 11.5. The molecule has 2 aromatic heterocycles. The van der Waals surface area contributed by atoms with Gasteiger partial charge in [-0.3, -0.25) is 4.79 Å². The van der Waals surface area contributed by atoms with Crippen molar-refractivity contribution < 1.29 is 22.4 Å². The first-order valence-electron chi connectivity index (χ1n) is 6.83. The highest BCUT2D eigenvalue weighted by Gasteiger charge is 2.20. The number of carbonyl (C=O) groups excluding carboxylic acids is 1. The minimum Gasteiger partial charge on any atom is -0.459 e. The number of anilines is 1. The Labute approximate surface area is 139 Å². The van der Waals surface area contributed by atoms with Crippen LogP contribution in [0, 0.1) is 11.6 Å². The maximum Gasteiger partial charge on any atom is 0.284 e. The van der Waals surface area contributed by atoms with Crippen molar-refractivity contribution in [3.63, 3.8) is 0 Å². The van der Waals surface area contributed by atoms with Gasteiger partial charge in [-0.25, -0.2) is 8.78 Å². The molecule has 1 atom stereocenters. The largest absolute Gasteiger partial charge is 0.459 e. The van der Waals surface area contributed by atoms with E-state index in [9.17, 15) is 13.6 Å². The summed E-state index contributed by atoms with van der Waals surface area (Å²) in [4.78, 5) is 12.1. The molecular formula is C15H11F2N3O3S. The number of furan rings is 1. The number of hydrogen-bond acceptors (Lipinski definition) is 6. The molecule has 1 aromatic carbocycles. The zero-order valence-electron chi connectivity index (χ0n) is 12.3. The standard InChI is InChI=1S/C15H11F2N3O3S/c1-8(13(21)18-11-7-9(16)4-5-10(11)17)24-15-20-19-14(23-15)12-3-2-6-22-12/h2-8H,1H3,(H,18,21). The third-order valence-electron chi connectivity index (χ3n) is 2.97. The lowest BCUT2D eigenvalue weighted by Crippen LogP contribution is -2.23. The van der Waals surface area contributed by atoms with Crippen LogP contribution in [0.2, 0.25) is 0 Å². The van der Waals surface area contributed by atoms with Crippen molar-refractivity contribution in [2.24, 2.45) is 0 Å². The minimum atomic E-state index is -0.722. The Hall–Kier alpha value is -2.68. The second kappa shape index (κ2) is 6.83. The highest BCUT2D eigenvalue weighted by atomic mass is 32.2. The van der Waals surface area contributed by atoms with Crippen molar-refractivity contribution in [2.75, 3.05) is 5.32 Å². The maximum absolute atomic E-state index is 13.5. The summed E-state index contributed by atoms with van der Waals surface area (Å²) in [5, 5.41) is 9.42. The third-order valence-corrected chi connectivity index (χ3v) is 3.91. The van der Waals surface area contributed by atoms with Gasteiger partial charge in [0.2, 0.25) is 5.91 Å². The van der Waals surface area contributed by atoms with Gasteiger partial charge in [0, 0.05) is 6.07 Å². The lowest BCUT2D eigenvalue weighted by molar-refractivity contribution is -0.115. The van der Waals surface area contributed by atoms with Crippen molar-refractivity contribution in [1.82, 2.24) is 10.2 Å². The molecule has 3 rings (SSSR count). The summed E-state index contributed by atoms with van der Waals surface area (Å²) in [6, 6.07) is 6.15. The van der Waals surface area contributed by atoms with Gasteiger partial charge >= 0.3 is 0 Å².